The Labute approximate surface area is 130 Å². The van der Waals surface area contributed by atoms with Gasteiger partial charge in [0.25, 0.3) is 0 Å². The van der Waals surface area contributed by atoms with Crippen LogP contribution in [0.1, 0.15) is 47.5 Å². The number of rotatable bonds is 7. The van der Waals surface area contributed by atoms with Crippen LogP contribution in [0.3, 0.4) is 0 Å². The largest absolute Gasteiger partial charge is 0.350 e. The van der Waals surface area contributed by atoms with Gasteiger partial charge in [0, 0.05) is 44.3 Å². The molecule has 1 heterocycles. The average Bonchev–Trinajstić information content (AvgIpc) is 2.48. The third-order valence-electron chi connectivity index (χ3n) is 4.88. The van der Waals surface area contributed by atoms with Gasteiger partial charge in [-0.05, 0) is 33.6 Å². The van der Waals surface area contributed by atoms with Crippen molar-refractivity contribution in [2.24, 2.45) is 5.73 Å². The van der Waals surface area contributed by atoms with E-state index in [9.17, 15) is 4.79 Å². The van der Waals surface area contributed by atoms with Crippen molar-refractivity contribution in [3.63, 3.8) is 0 Å². The van der Waals surface area contributed by atoms with E-state index in [1.165, 1.54) is 0 Å². The van der Waals surface area contributed by atoms with Crippen molar-refractivity contribution in [3.05, 3.63) is 0 Å². The fourth-order valence-electron chi connectivity index (χ4n) is 2.76. The van der Waals surface area contributed by atoms with E-state index < -0.39 is 0 Å². The number of nitrogens with one attached hydrogen (secondary N) is 1. The zero-order valence-corrected chi connectivity index (χ0v) is 14.5. The molecule has 21 heavy (non-hydrogen) atoms. The Kier molecular flexibility index (Phi) is 7.10. The third-order valence-corrected chi connectivity index (χ3v) is 4.88. The summed E-state index contributed by atoms with van der Waals surface area (Å²) in [6.45, 7) is 15.1. The summed E-state index contributed by atoms with van der Waals surface area (Å²) in [5.74, 6) is 0.140. The smallest absolute Gasteiger partial charge is 0.237 e. The van der Waals surface area contributed by atoms with Crippen LogP contribution in [0.5, 0.6) is 0 Å². The summed E-state index contributed by atoms with van der Waals surface area (Å²) in [6.07, 6.45) is 2.03. The van der Waals surface area contributed by atoms with Crippen molar-refractivity contribution in [2.75, 3.05) is 32.7 Å². The number of carbonyl (C=O) groups excluding carboxylic acids is 1. The first-order chi connectivity index (χ1) is 9.84. The summed E-state index contributed by atoms with van der Waals surface area (Å²) < 4.78 is 0. The summed E-state index contributed by atoms with van der Waals surface area (Å²) in [5.41, 5.74) is 5.70. The first kappa shape index (κ1) is 18.4. The summed E-state index contributed by atoms with van der Waals surface area (Å²) >= 11 is 0. The van der Waals surface area contributed by atoms with Gasteiger partial charge in [-0.25, -0.2) is 0 Å². The van der Waals surface area contributed by atoms with Gasteiger partial charge < -0.3 is 11.1 Å². The molecule has 5 nitrogen and oxygen atoms in total. The standard InChI is InChI=1S/C16H34N4O/c1-6-14(12-17)20-10-8-19(9-11-20)13(3)15(21)18-16(4,5)7-2/h13-14H,6-12,17H2,1-5H3,(H,18,21). The van der Waals surface area contributed by atoms with Crippen molar-refractivity contribution >= 4 is 5.91 Å². The minimum Gasteiger partial charge on any atom is -0.350 e. The molecule has 0 aromatic carbocycles. The Morgan fingerprint density at radius 3 is 2.14 bits per heavy atom. The topological polar surface area (TPSA) is 61.6 Å². The Morgan fingerprint density at radius 1 is 1.19 bits per heavy atom. The van der Waals surface area contributed by atoms with Crippen molar-refractivity contribution < 1.29 is 4.79 Å². The molecule has 5 heteroatoms. The van der Waals surface area contributed by atoms with Gasteiger partial charge in [0.15, 0.2) is 0 Å². The van der Waals surface area contributed by atoms with E-state index in [-0.39, 0.29) is 17.5 Å². The summed E-state index contributed by atoms with van der Waals surface area (Å²) in [6, 6.07) is 0.422. The van der Waals surface area contributed by atoms with E-state index in [2.05, 4.69) is 42.8 Å². The second-order valence-corrected chi connectivity index (χ2v) is 6.77. The maximum atomic E-state index is 12.4. The molecule has 1 rings (SSSR count). The molecule has 0 radical (unpaired) electrons. The lowest BCUT2D eigenvalue weighted by Gasteiger charge is -2.41. The molecule has 3 N–H and O–H groups in total. The van der Waals surface area contributed by atoms with Crippen LogP contribution in [-0.4, -0.2) is 66.1 Å². The van der Waals surface area contributed by atoms with Crippen molar-refractivity contribution in [1.82, 2.24) is 15.1 Å². The quantitative estimate of drug-likeness (QED) is 0.737. The van der Waals surface area contributed by atoms with E-state index in [0.717, 1.165) is 45.6 Å². The highest BCUT2D eigenvalue weighted by Crippen LogP contribution is 2.13. The van der Waals surface area contributed by atoms with Gasteiger partial charge in [-0.2, -0.15) is 0 Å². The van der Waals surface area contributed by atoms with Crippen molar-refractivity contribution in [3.8, 4) is 0 Å². The molecule has 0 aromatic heterocycles. The molecule has 0 saturated carbocycles. The summed E-state index contributed by atoms with van der Waals surface area (Å²) in [4.78, 5) is 17.1. The first-order valence-corrected chi connectivity index (χ1v) is 8.34. The second kappa shape index (κ2) is 8.11. The predicted octanol–water partition coefficient (Wildman–Crippen LogP) is 1.03. The van der Waals surface area contributed by atoms with Crippen molar-refractivity contribution in [1.29, 1.82) is 0 Å². The third kappa shape index (κ3) is 5.24. The van der Waals surface area contributed by atoms with Gasteiger partial charge >= 0.3 is 0 Å². The lowest BCUT2D eigenvalue weighted by atomic mass is 10.0. The van der Waals surface area contributed by atoms with Gasteiger partial charge in [-0.15, -0.1) is 0 Å². The Bertz CT molecular complexity index is 320. The fourth-order valence-corrected chi connectivity index (χ4v) is 2.76. The molecule has 1 aliphatic heterocycles. The van der Waals surface area contributed by atoms with E-state index in [1.54, 1.807) is 0 Å². The maximum absolute atomic E-state index is 12.4. The lowest BCUT2D eigenvalue weighted by Crippen LogP contribution is -2.58. The Balaban J connectivity index is 2.48. The average molecular weight is 298 g/mol. The Hall–Kier alpha value is -0.650. The minimum absolute atomic E-state index is 0.0593. The molecule has 1 aliphatic rings. The normalized spacial score (nSPS) is 21.0. The molecule has 0 aliphatic carbocycles. The van der Waals surface area contributed by atoms with Crippen LogP contribution < -0.4 is 11.1 Å². The molecule has 0 aromatic rings. The first-order valence-electron chi connectivity index (χ1n) is 8.34. The van der Waals surface area contributed by atoms with Gasteiger partial charge in [-0.3, -0.25) is 14.6 Å². The minimum atomic E-state index is -0.125. The van der Waals surface area contributed by atoms with Crippen LogP contribution >= 0.6 is 0 Å². The van der Waals surface area contributed by atoms with Crippen LogP contribution in [0.25, 0.3) is 0 Å². The molecule has 124 valence electrons. The van der Waals surface area contributed by atoms with Gasteiger partial charge in [0.05, 0.1) is 6.04 Å². The fraction of sp³-hybridized carbons (Fsp3) is 0.938. The van der Waals surface area contributed by atoms with Crippen LogP contribution in [0.15, 0.2) is 0 Å². The van der Waals surface area contributed by atoms with Crippen LogP contribution in [0, 0.1) is 0 Å². The van der Waals surface area contributed by atoms with Crippen LogP contribution in [-0.2, 0) is 4.79 Å². The number of hydrogen-bond acceptors (Lipinski definition) is 4. The molecule has 1 amide bonds. The lowest BCUT2D eigenvalue weighted by molar-refractivity contribution is -0.128. The van der Waals surface area contributed by atoms with E-state index in [4.69, 9.17) is 5.73 Å². The van der Waals surface area contributed by atoms with Crippen LogP contribution in [0.2, 0.25) is 0 Å². The zero-order chi connectivity index (χ0) is 16.0. The van der Waals surface area contributed by atoms with Gasteiger partial charge in [0.1, 0.15) is 0 Å². The molecule has 1 fully saturated rings. The number of nitrogens with two attached hydrogens (primary N) is 1. The number of carbonyl (C=O) groups is 1. The predicted molar refractivity (Wildman–Crippen MR) is 88.3 cm³/mol. The molecule has 2 unspecified atom stereocenters. The maximum Gasteiger partial charge on any atom is 0.237 e. The zero-order valence-electron chi connectivity index (χ0n) is 14.5. The van der Waals surface area contributed by atoms with E-state index in [0.29, 0.717) is 6.04 Å². The van der Waals surface area contributed by atoms with Crippen LogP contribution in [0.4, 0.5) is 0 Å². The Morgan fingerprint density at radius 2 is 1.71 bits per heavy atom. The molecular weight excluding hydrogens is 264 g/mol. The molecule has 0 spiro atoms. The number of nitrogens with zero attached hydrogens (tertiary/aromatic N) is 2. The molecule has 0 bridgehead atoms. The number of hydrogen-bond donors (Lipinski definition) is 2. The molecule has 1 saturated heterocycles. The second-order valence-electron chi connectivity index (χ2n) is 6.77. The molecule has 2 atom stereocenters. The highest BCUT2D eigenvalue weighted by Gasteiger charge is 2.29. The van der Waals surface area contributed by atoms with Crippen molar-refractivity contribution in [2.45, 2.75) is 65.1 Å². The number of amides is 1. The number of piperazine rings is 1. The summed E-state index contributed by atoms with van der Waals surface area (Å²) in [7, 11) is 0. The summed E-state index contributed by atoms with van der Waals surface area (Å²) in [5, 5.41) is 3.15. The highest BCUT2D eigenvalue weighted by molar-refractivity contribution is 5.82. The van der Waals surface area contributed by atoms with E-state index in [1.807, 2.05) is 6.92 Å². The van der Waals surface area contributed by atoms with Gasteiger partial charge in [-0.1, -0.05) is 13.8 Å². The SMILES string of the molecule is CCC(CN)N1CCN(C(C)C(=O)NC(C)(C)CC)CC1. The molecular formula is C16H34N4O. The monoisotopic (exact) mass is 298 g/mol. The van der Waals surface area contributed by atoms with Gasteiger partial charge in [0.2, 0.25) is 5.91 Å². The highest BCUT2D eigenvalue weighted by atomic mass is 16.2. The van der Waals surface area contributed by atoms with E-state index >= 15 is 0 Å².